The Kier molecular flexibility index (Phi) is 10.4. The molecule has 2 aromatic heterocycles. The van der Waals surface area contributed by atoms with Crippen molar-refractivity contribution < 1.29 is 29.1 Å². The number of imidazole rings is 1. The summed E-state index contributed by atoms with van der Waals surface area (Å²) in [6.07, 6.45) is 7.23. The molecule has 1 aliphatic heterocycles. The molecule has 15 nitrogen and oxygen atoms in total. The fraction of sp³-hybridized carbons (Fsp3) is 0.385. The van der Waals surface area contributed by atoms with Crippen LogP contribution in [-0.2, 0) is 27.2 Å². The summed E-state index contributed by atoms with van der Waals surface area (Å²) in [5.41, 5.74) is 1.27. The van der Waals surface area contributed by atoms with Gasteiger partial charge in [0.15, 0.2) is 5.16 Å². The number of rotatable bonds is 14. The number of nitrogens with one attached hydrogen (secondary N) is 3. The maximum Gasteiger partial charge on any atom is 0.373 e. The van der Waals surface area contributed by atoms with Crippen LogP contribution in [-0.4, -0.2) is 73.6 Å². The van der Waals surface area contributed by atoms with Crippen molar-refractivity contribution in [2.45, 2.75) is 50.0 Å². The smallest absolute Gasteiger partial charge is 0.373 e. The lowest BCUT2D eigenvalue weighted by molar-refractivity contribution is -0.385. The van der Waals surface area contributed by atoms with Crippen molar-refractivity contribution >= 4 is 41.4 Å². The SMILES string of the molecule is CCOC(=O)CCc1cc(Oc2nc(SC)nc(NC(Cc3c[nH]cn3)C(=O)O)c2[N+](=O)[O-])cc(C2N=CCCN2)c1. The second-order valence-electron chi connectivity index (χ2n) is 9.06. The molecule has 3 heterocycles. The molecule has 0 aliphatic carbocycles. The lowest BCUT2D eigenvalue weighted by Gasteiger charge is -2.20. The fourth-order valence-electron chi connectivity index (χ4n) is 4.18. The first-order valence-corrected chi connectivity index (χ1v) is 14.3. The Balaban J connectivity index is 1.71. The number of H-pyrrole nitrogens is 1. The molecule has 2 atom stereocenters. The predicted octanol–water partition coefficient (Wildman–Crippen LogP) is 3.29. The number of aromatic nitrogens is 4. The van der Waals surface area contributed by atoms with Gasteiger partial charge >= 0.3 is 23.5 Å². The molecule has 0 saturated heterocycles. The van der Waals surface area contributed by atoms with E-state index in [0.29, 0.717) is 18.7 Å². The quantitative estimate of drug-likeness (QED) is 0.0691. The second-order valence-corrected chi connectivity index (χ2v) is 9.84. The van der Waals surface area contributed by atoms with Crippen LogP contribution in [0.4, 0.5) is 11.5 Å². The van der Waals surface area contributed by atoms with Crippen LogP contribution in [0, 0.1) is 10.1 Å². The third-order valence-corrected chi connectivity index (χ3v) is 6.63. The molecule has 16 heteroatoms. The van der Waals surface area contributed by atoms with Gasteiger partial charge < -0.3 is 24.9 Å². The van der Waals surface area contributed by atoms with Gasteiger partial charge in [0.25, 0.3) is 0 Å². The summed E-state index contributed by atoms with van der Waals surface area (Å²) >= 11 is 1.10. The Morgan fingerprint density at radius 3 is 2.79 bits per heavy atom. The summed E-state index contributed by atoms with van der Waals surface area (Å²) in [5, 5.41) is 28.2. The Morgan fingerprint density at radius 2 is 2.14 bits per heavy atom. The maximum atomic E-state index is 12.3. The highest BCUT2D eigenvalue weighted by atomic mass is 32.2. The van der Waals surface area contributed by atoms with Crippen LogP contribution in [0.2, 0.25) is 0 Å². The number of ether oxygens (including phenoxy) is 2. The van der Waals surface area contributed by atoms with Gasteiger partial charge in [0.05, 0.1) is 23.6 Å². The minimum Gasteiger partial charge on any atom is -0.480 e. The number of anilines is 1. The van der Waals surface area contributed by atoms with Crippen molar-refractivity contribution in [3.8, 4) is 11.6 Å². The molecule has 0 spiro atoms. The van der Waals surface area contributed by atoms with Crippen LogP contribution in [0.1, 0.15) is 42.8 Å². The number of aryl methyl sites for hydroxylation is 1. The average Bonchev–Trinajstić information content (AvgIpc) is 3.49. The van der Waals surface area contributed by atoms with E-state index in [-0.39, 0.29) is 54.2 Å². The lowest BCUT2D eigenvalue weighted by Crippen LogP contribution is -2.32. The summed E-state index contributed by atoms with van der Waals surface area (Å²) in [5.74, 6) is -2.07. The zero-order chi connectivity index (χ0) is 30.1. The van der Waals surface area contributed by atoms with Crippen LogP contribution in [0.3, 0.4) is 0 Å². The number of aliphatic imine (C=N–C) groups is 1. The van der Waals surface area contributed by atoms with Crippen molar-refractivity contribution in [2.24, 2.45) is 4.99 Å². The Hall–Kier alpha value is -4.57. The van der Waals surface area contributed by atoms with Crippen LogP contribution in [0.25, 0.3) is 0 Å². The van der Waals surface area contributed by atoms with Crippen LogP contribution in [0.15, 0.2) is 40.9 Å². The van der Waals surface area contributed by atoms with Gasteiger partial charge in [-0.15, -0.1) is 0 Å². The van der Waals surface area contributed by atoms with Crippen molar-refractivity contribution in [3.05, 3.63) is 57.7 Å². The molecule has 0 amide bonds. The Bertz CT molecular complexity index is 1450. The van der Waals surface area contributed by atoms with E-state index in [4.69, 9.17) is 9.47 Å². The fourth-order valence-corrected chi connectivity index (χ4v) is 4.54. The summed E-state index contributed by atoms with van der Waals surface area (Å²) in [4.78, 5) is 55.3. The van der Waals surface area contributed by atoms with Crippen molar-refractivity contribution in [3.63, 3.8) is 0 Å². The predicted molar refractivity (Wildman–Crippen MR) is 153 cm³/mol. The van der Waals surface area contributed by atoms with Gasteiger partial charge in [0.2, 0.25) is 5.82 Å². The number of carbonyl (C=O) groups excluding carboxylic acids is 1. The van der Waals surface area contributed by atoms with Gasteiger partial charge in [-0.1, -0.05) is 17.8 Å². The third kappa shape index (κ3) is 8.01. The normalized spacial score (nSPS) is 15.1. The van der Waals surface area contributed by atoms with Gasteiger partial charge in [-0.25, -0.2) is 9.78 Å². The summed E-state index contributed by atoms with van der Waals surface area (Å²) in [7, 11) is 0. The van der Waals surface area contributed by atoms with E-state index < -0.39 is 22.6 Å². The molecule has 2 unspecified atom stereocenters. The topological polar surface area (TPSA) is 207 Å². The summed E-state index contributed by atoms with van der Waals surface area (Å²) in [6, 6.07) is 3.94. The molecular formula is C26H30N8O7S. The van der Waals surface area contributed by atoms with E-state index in [0.717, 1.165) is 29.3 Å². The number of aromatic amines is 1. The van der Waals surface area contributed by atoms with Crippen LogP contribution < -0.4 is 15.4 Å². The zero-order valence-electron chi connectivity index (χ0n) is 22.9. The maximum absolute atomic E-state index is 12.3. The molecule has 1 aliphatic rings. The van der Waals surface area contributed by atoms with E-state index >= 15 is 0 Å². The zero-order valence-corrected chi connectivity index (χ0v) is 23.7. The largest absolute Gasteiger partial charge is 0.480 e. The first-order chi connectivity index (χ1) is 20.3. The number of esters is 1. The highest BCUT2D eigenvalue weighted by molar-refractivity contribution is 7.98. The molecular weight excluding hydrogens is 568 g/mol. The van der Waals surface area contributed by atoms with Gasteiger partial charge in [0, 0.05) is 31.8 Å². The van der Waals surface area contributed by atoms with E-state index in [1.165, 1.54) is 12.5 Å². The number of hydrogen-bond acceptors (Lipinski definition) is 13. The molecule has 1 aromatic carbocycles. The molecule has 42 heavy (non-hydrogen) atoms. The highest BCUT2D eigenvalue weighted by Crippen LogP contribution is 2.38. The molecule has 0 radical (unpaired) electrons. The molecule has 0 saturated carbocycles. The number of hydrogen-bond donors (Lipinski definition) is 4. The van der Waals surface area contributed by atoms with Gasteiger partial charge in [-0.05, 0) is 49.3 Å². The van der Waals surface area contributed by atoms with Gasteiger partial charge in [0.1, 0.15) is 18.0 Å². The minimum absolute atomic E-state index is 0.0639. The molecule has 0 bridgehead atoms. The summed E-state index contributed by atoms with van der Waals surface area (Å²) < 4.78 is 11.1. The lowest BCUT2D eigenvalue weighted by atomic mass is 10.0. The summed E-state index contributed by atoms with van der Waals surface area (Å²) in [6.45, 7) is 2.71. The number of carboxylic acids is 1. The molecule has 0 fully saturated rings. The van der Waals surface area contributed by atoms with Crippen molar-refractivity contribution in [2.75, 3.05) is 24.7 Å². The molecule has 4 rings (SSSR count). The van der Waals surface area contributed by atoms with E-state index in [1.54, 1.807) is 25.3 Å². The first-order valence-electron chi connectivity index (χ1n) is 13.1. The molecule has 4 N–H and O–H groups in total. The van der Waals surface area contributed by atoms with Crippen LogP contribution in [0.5, 0.6) is 11.6 Å². The monoisotopic (exact) mass is 598 g/mol. The Labute approximate surface area is 244 Å². The van der Waals surface area contributed by atoms with Crippen molar-refractivity contribution in [1.29, 1.82) is 0 Å². The van der Waals surface area contributed by atoms with Crippen LogP contribution >= 0.6 is 11.8 Å². The van der Waals surface area contributed by atoms with E-state index in [9.17, 15) is 24.8 Å². The number of aliphatic carboxylic acids is 1. The number of carbonyl (C=O) groups is 2. The number of thioether (sulfide) groups is 1. The second kappa shape index (κ2) is 14.4. The van der Waals surface area contributed by atoms with Crippen molar-refractivity contribution in [1.82, 2.24) is 25.3 Å². The van der Waals surface area contributed by atoms with E-state index in [2.05, 4.69) is 35.6 Å². The third-order valence-electron chi connectivity index (χ3n) is 6.08. The highest BCUT2D eigenvalue weighted by Gasteiger charge is 2.31. The van der Waals surface area contributed by atoms with E-state index in [1.807, 2.05) is 12.3 Å². The number of carboxylic acid groups (broad SMARTS) is 1. The number of benzene rings is 1. The Morgan fingerprint density at radius 1 is 1.31 bits per heavy atom. The minimum atomic E-state index is -1.28. The van der Waals surface area contributed by atoms with Gasteiger partial charge in [-0.3, -0.25) is 25.2 Å². The standard InChI is InChI=1S/C26H30N8O7S/c1-3-40-20(35)6-5-15-9-16(22-28-7-4-8-29-22)11-18(10-15)41-24-21(34(38)39)23(32-26(33-24)42-2)31-19(25(36)37)12-17-13-27-14-30-17/h7,9-11,13-14,19,22,29H,3-6,8,12H2,1-2H3,(H,27,30)(H,36,37)(H,31,32,33). The average molecular weight is 599 g/mol. The first kappa shape index (κ1) is 30.4. The number of nitro groups is 1. The molecule has 3 aromatic rings. The molecule has 222 valence electrons. The van der Waals surface area contributed by atoms with Gasteiger partial charge in [-0.2, -0.15) is 9.97 Å². The number of nitrogens with zero attached hydrogens (tertiary/aromatic N) is 5.